The maximum absolute atomic E-state index is 6.19. The van der Waals surface area contributed by atoms with Crippen LogP contribution in [0.3, 0.4) is 0 Å². The number of methoxy groups -OCH3 is 1. The van der Waals surface area contributed by atoms with Gasteiger partial charge in [0.25, 0.3) is 0 Å². The molecule has 148 valence electrons. The highest BCUT2D eigenvalue weighted by molar-refractivity contribution is 7.99. The Kier molecular flexibility index (Phi) is 7.53. The summed E-state index contributed by atoms with van der Waals surface area (Å²) in [6.07, 6.45) is 0. The third-order valence-electron chi connectivity index (χ3n) is 3.87. The molecule has 3 aromatic rings. The summed E-state index contributed by atoms with van der Waals surface area (Å²) >= 11 is 7.78. The van der Waals surface area contributed by atoms with E-state index in [1.165, 1.54) is 0 Å². The molecule has 28 heavy (non-hydrogen) atoms. The summed E-state index contributed by atoms with van der Waals surface area (Å²) in [6, 6.07) is 13.5. The van der Waals surface area contributed by atoms with E-state index in [4.69, 9.17) is 21.1 Å². The minimum Gasteiger partial charge on any atom is -0.493 e. The van der Waals surface area contributed by atoms with Crippen molar-refractivity contribution in [1.82, 2.24) is 25.5 Å². The molecule has 0 atom stereocenters. The molecule has 0 aliphatic carbocycles. The van der Waals surface area contributed by atoms with E-state index >= 15 is 0 Å². The van der Waals surface area contributed by atoms with Gasteiger partial charge in [0, 0.05) is 35.5 Å². The average molecular weight is 420 g/mol. The van der Waals surface area contributed by atoms with Crippen molar-refractivity contribution in [3.05, 3.63) is 53.1 Å². The van der Waals surface area contributed by atoms with Gasteiger partial charge in [-0.1, -0.05) is 41.6 Å². The number of hydrogen-bond donors (Lipinski definition) is 1. The van der Waals surface area contributed by atoms with Crippen molar-refractivity contribution in [2.24, 2.45) is 0 Å². The van der Waals surface area contributed by atoms with E-state index in [-0.39, 0.29) is 0 Å². The number of para-hydroxylation sites is 1. The van der Waals surface area contributed by atoms with Crippen LogP contribution in [-0.4, -0.2) is 46.2 Å². The van der Waals surface area contributed by atoms with Gasteiger partial charge in [-0.15, -0.1) is 5.10 Å². The van der Waals surface area contributed by atoms with E-state index in [0.717, 1.165) is 34.5 Å². The first-order valence-electron chi connectivity index (χ1n) is 8.89. The largest absolute Gasteiger partial charge is 0.493 e. The first-order chi connectivity index (χ1) is 13.7. The van der Waals surface area contributed by atoms with Gasteiger partial charge in [0.15, 0.2) is 11.5 Å². The molecule has 7 nitrogen and oxygen atoms in total. The average Bonchev–Trinajstić information content (AvgIpc) is 3.18. The molecule has 0 aliphatic heterocycles. The normalized spacial score (nSPS) is 10.8. The van der Waals surface area contributed by atoms with E-state index in [0.29, 0.717) is 23.9 Å². The van der Waals surface area contributed by atoms with Gasteiger partial charge in [-0.25, -0.2) is 0 Å². The molecule has 2 aromatic carbocycles. The molecule has 1 heterocycles. The minimum absolute atomic E-state index is 0.559. The lowest BCUT2D eigenvalue weighted by molar-refractivity contribution is 0.307. The predicted molar refractivity (Wildman–Crippen MR) is 111 cm³/mol. The number of benzene rings is 2. The molecule has 0 bridgehead atoms. The van der Waals surface area contributed by atoms with Crippen LogP contribution in [0.5, 0.6) is 11.5 Å². The van der Waals surface area contributed by atoms with Gasteiger partial charge in [-0.3, -0.25) is 0 Å². The highest BCUT2D eigenvalue weighted by Crippen LogP contribution is 2.34. The van der Waals surface area contributed by atoms with Gasteiger partial charge in [-0.2, -0.15) is 4.68 Å². The topological polar surface area (TPSA) is 74.1 Å². The monoisotopic (exact) mass is 419 g/mol. The van der Waals surface area contributed by atoms with Crippen LogP contribution in [0.15, 0.2) is 47.6 Å². The second-order valence-electron chi connectivity index (χ2n) is 5.76. The molecule has 0 amide bonds. The zero-order valence-corrected chi connectivity index (χ0v) is 17.3. The van der Waals surface area contributed by atoms with E-state index < -0.39 is 0 Å². The third kappa shape index (κ3) is 5.15. The number of ether oxygens (including phenoxy) is 2. The molecule has 0 unspecified atom stereocenters. The van der Waals surface area contributed by atoms with Crippen LogP contribution in [-0.2, 0) is 6.54 Å². The van der Waals surface area contributed by atoms with Crippen LogP contribution in [0, 0.1) is 0 Å². The Bertz CT molecular complexity index is 891. The Morgan fingerprint density at radius 1 is 1.21 bits per heavy atom. The van der Waals surface area contributed by atoms with Crippen LogP contribution in [0.4, 0.5) is 0 Å². The van der Waals surface area contributed by atoms with Gasteiger partial charge in [-0.05, 0) is 35.5 Å². The molecular weight excluding hydrogens is 398 g/mol. The Morgan fingerprint density at radius 2 is 2.04 bits per heavy atom. The first kappa shape index (κ1) is 20.4. The Balaban J connectivity index is 1.55. The molecule has 0 radical (unpaired) electrons. The Labute approximate surface area is 173 Å². The number of nitrogens with zero attached hydrogens (tertiary/aromatic N) is 4. The van der Waals surface area contributed by atoms with Crippen molar-refractivity contribution in [1.29, 1.82) is 0 Å². The fourth-order valence-corrected chi connectivity index (χ4v) is 3.67. The highest BCUT2D eigenvalue weighted by atomic mass is 35.5. The highest BCUT2D eigenvalue weighted by Gasteiger charge is 2.13. The van der Waals surface area contributed by atoms with Gasteiger partial charge >= 0.3 is 0 Å². The number of rotatable bonds is 10. The quantitative estimate of drug-likeness (QED) is 0.397. The lowest BCUT2D eigenvalue weighted by atomic mass is 10.2. The summed E-state index contributed by atoms with van der Waals surface area (Å²) in [5.41, 5.74) is 1.90. The number of halogens is 1. The standard InChI is InChI=1S/C19H22ClN5O2S/c1-3-27-18-14(11-15(20)12-17(18)26-2)13-21-9-10-28-19-22-23-24-25(19)16-7-5-4-6-8-16/h4-8,11-12,21H,3,9-10,13H2,1-2H3. The van der Waals surface area contributed by atoms with Crippen LogP contribution >= 0.6 is 23.4 Å². The molecule has 0 saturated heterocycles. The number of nitrogens with one attached hydrogen (secondary N) is 1. The third-order valence-corrected chi connectivity index (χ3v) is 5.01. The fourth-order valence-electron chi connectivity index (χ4n) is 2.65. The molecule has 0 aliphatic rings. The van der Waals surface area contributed by atoms with E-state index in [9.17, 15) is 0 Å². The maximum atomic E-state index is 6.19. The van der Waals surface area contributed by atoms with E-state index in [2.05, 4.69) is 20.8 Å². The molecule has 1 aromatic heterocycles. The van der Waals surface area contributed by atoms with Crippen LogP contribution < -0.4 is 14.8 Å². The SMILES string of the molecule is CCOc1c(CNCCSc2nnnn2-c2ccccc2)cc(Cl)cc1OC. The van der Waals surface area contributed by atoms with E-state index in [1.807, 2.05) is 43.3 Å². The predicted octanol–water partition coefficient (Wildman–Crippen LogP) is 3.60. The van der Waals surface area contributed by atoms with Crippen molar-refractivity contribution in [2.45, 2.75) is 18.6 Å². The zero-order chi connectivity index (χ0) is 19.8. The molecular formula is C19H22ClN5O2S. The Morgan fingerprint density at radius 3 is 2.79 bits per heavy atom. The first-order valence-corrected chi connectivity index (χ1v) is 10.3. The van der Waals surface area contributed by atoms with Crippen molar-refractivity contribution < 1.29 is 9.47 Å². The lowest BCUT2D eigenvalue weighted by Crippen LogP contribution is -2.17. The molecule has 0 fully saturated rings. The van der Waals surface area contributed by atoms with Gasteiger partial charge < -0.3 is 14.8 Å². The number of thioether (sulfide) groups is 1. The summed E-state index contributed by atoms with van der Waals surface area (Å²) in [4.78, 5) is 0. The second-order valence-corrected chi connectivity index (χ2v) is 7.26. The van der Waals surface area contributed by atoms with Crippen molar-refractivity contribution in [3.63, 3.8) is 0 Å². The fraction of sp³-hybridized carbons (Fsp3) is 0.316. The van der Waals surface area contributed by atoms with Crippen molar-refractivity contribution >= 4 is 23.4 Å². The zero-order valence-electron chi connectivity index (χ0n) is 15.8. The number of tetrazole rings is 1. The Hall–Kier alpha value is -2.29. The number of aromatic nitrogens is 4. The summed E-state index contributed by atoms with van der Waals surface area (Å²) in [5.74, 6) is 2.18. The van der Waals surface area contributed by atoms with E-state index in [1.54, 1.807) is 29.6 Å². The molecule has 3 rings (SSSR count). The second kappa shape index (κ2) is 10.3. The van der Waals surface area contributed by atoms with Gasteiger partial charge in [0.2, 0.25) is 5.16 Å². The molecule has 0 saturated carbocycles. The minimum atomic E-state index is 0.559. The van der Waals surface area contributed by atoms with Crippen LogP contribution in [0.25, 0.3) is 5.69 Å². The summed E-state index contributed by atoms with van der Waals surface area (Å²) in [5, 5.41) is 16.7. The van der Waals surface area contributed by atoms with Crippen LogP contribution in [0.2, 0.25) is 5.02 Å². The number of hydrogen-bond acceptors (Lipinski definition) is 7. The molecule has 0 spiro atoms. The van der Waals surface area contributed by atoms with Gasteiger partial charge in [0.1, 0.15) is 0 Å². The molecule has 1 N–H and O–H groups in total. The maximum Gasteiger partial charge on any atom is 0.214 e. The van der Waals surface area contributed by atoms with Crippen LogP contribution in [0.1, 0.15) is 12.5 Å². The summed E-state index contributed by atoms with van der Waals surface area (Å²) < 4.78 is 12.9. The lowest BCUT2D eigenvalue weighted by Gasteiger charge is -2.15. The molecule has 9 heteroatoms. The van der Waals surface area contributed by atoms with Gasteiger partial charge in [0.05, 0.1) is 19.4 Å². The van der Waals surface area contributed by atoms with Crippen molar-refractivity contribution in [3.8, 4) is 17.2 Å². The smallest absolute Gasteiger partial charge is 0.214 e. The summed E-state index contributed by atoms with van der Waals surface area (Å²) in [7, 11) is 1.61. The summed E-state index contributed by atoms with van der Waals surface area (Å²) in [6.45, 7) is 3.89. The van der Waals surface area contributed by atoms with Crippen molar-refractivity contribution in [2.75, 3.05) is 26.0 Å².